The Bertz CT molecular complexity index is 558. The van der Waals surface area contributed by atoms with Crippen molar-refractivity contribution in [3.63, 3.8) is 0 Å². The van der Waals surface area contributed by atoms with E-state index < -0.39 is 16.8 Å². The van der Waals surface area contributed by atoms with Crippen molar-refractivity contribution in [1.82, 2.24) is 0 Å². The third-order valence-electron chi connectivity index (χ3n) is 2.25. The number of carboxylic acid groups (broad SMARTS) is 1. The highest BCUT2D eigenvalue weighted by molar-refractivity contribution is 7.86. The molecule has 0 radical (unpaired) electrons. The molecule has 1 unspecified atom stereocenters. The average Bonchev–Trinajstić information content (AvgIpc) is 2.27. The zero-order chi connectivity index (χ0) is 11.5. The summed E-state index contributed by atoms with van der Waals surface area (Å²) in [5.41, 5.74) is 0. The minimum absolute atomic E-state index is 0.353. The second-order valence-corrected chi connectivity index (χ2v) is 4.78. The van der Waals surface area contributed by atoms with Gasteiger partial charge in [0.2, 0.25) is 0 Å². The van der Waals surface area contributed by atoms with Crippen molar-refractivity contribution in [3.05, 3.63) is 42.5 Å². The number of benzene rings is 2. The first-order chi connectivity index (χ1) is 7.68. The molecule has 0 heterocycles. The summed E-state index contributed by atoms with van der Waals surface area (Å²) in [5, 5.41) is 10.4. The molecule has 0 spiro atoms. The number of hydrogen-bond acceptors (Lipinski definition) is 2. The molecule has 0 aliphatic rings. The van der Waals surface area contributed by atoms with Crippen LogP contribution >= 0.6 is 0 Å². The summed E-state index contributed by atoms with van der Waals surface area (Å²) < 4.78 is 11.8. The maximum atomic E-state index is 11.8. The van der Waals surface area contributed by atoms with Crippen LogP contribution in [0.25, 0.3) is 10.8 Å². The fourth-order valence-corrected chi connectivity index (χ4v) is 2.63. The number of aliphatic carboxylic acids is 1. The fraction of sp³-hybridized carbons (Fsp3) is 0.0833. The van der Waals surface area contributed by atoms with Crippen LogP contribution < -0.4 is 0 Å². The summed E-state index contributed by atoms with van der Waals surface area (Å²) in [6.45, 7) is 0. The normalized spacial score (nSPS) is 12.5. The summed E-state index contributed by atoms with van der Waals surface area (Å²) in [4.78, 5) is 11.1. The highest BCUT2D eigenvalue weighted by Crippen LogP contribution is 2.21. The van der Waals surface area contributed by atoms with Gasteiger partial charge in [0.1, 0.15) is 5.75 Å². The lowest BCUT2D eigenvalue weighted by Gasteiger charge is -2.04. The van der Waals surface area contributed by atoms with Crippen LogP contribution in [-0.2, 0) is 15.6 Å². The van der Waals surface area contributed by atoms with Crippen molar-refractivity contribution in [3.8, 4) is 0 Å². The lowest BCUT2D eigenvalue weighted by atomic mass is 10.1. The molecule has 0 fully saturated rings. The zero-order valence-electron chi connectivity index (χ0n) is 8.42. The molecule has 0 bridgehead atoms. The van der Waals surface area contributed by atoms with Gasteiger partial charge in [-0.1, -0.05) is 36.4 Å². The Morgan fingerprint density at radius 2 is 1.81 bits per heavy atom. The van der Waals surface area contributed by atoms with E-state index in [2.05, 4.69) is 0 Å². The Labute approximate surface area is 95.2 Å². The van der Waals surface area contributed by atoms with Gasteiger partial charge in [0.15, 0.2) is 0 Å². The largest absolute Gasteiger partial charge is 0.481 e. The predicted octanol–water partition coefficient (Wildman–Crippen LogP) is 2.03. The molecule has 2 rings (SSSR count). The van der Waals surface area contributed by atoms with E-state index >= 15 is 0 Å². The molecule has 0 aliphatic carbocycles. The van der Waals surface area contributed by atoms with E-state index in [1.165, 1.54) is 0 Å². The van der Waals surface area contributed by atoms with E-state index in [0.717, 1.165) is 10.8 Å². The predicted molar refractivity (Wildman–Crippen MR) is 62.9 cm³/mol. The SMILES string of the molecule is O=C(O)CS(=O)c1cccc2ccccc12. The molecule has 0 saturated heterocycles. The van der Waals surface area contributed by atoms with Gasteiger partial charge in [0.05, 0.1) is 10.8 Å². The van der Waals surface area contributed by atoms with Gasteiger partial charge < -0.3 is 5.11 Å². The Morgan fingerprint density at radius 1 is 1.12 bits per heavy atom. The number of rotatable bonds is 3. The molecule has 0 aromatic heterocycles. The summed E-state index contributed by atoms with van der Waals surface area (Å²) in [5.74, 6) is -1.40. The van der Waals surface area contributed by atoms with Crippen LogP contribution in [0.5, 0.6) is 0 Å². The number of carbonyl (C=O) groups is 1. The van der Waals surface area contributed by atoms with Crippen molar-refractivity contribution in [1.29, 1.82) is 0 Å². The molecular weight excluding hydrogens is 224 g/mol. The van der Waals surface area contributed by atoms with Gasteiger partial charge in [0, 0.05) is 4.90 Å². The second kappa shape index (κ2) is 4.45. The van der Waals surface area contributed by atoms with E-state index in [1.54, 1.807) is 12.1 Å². The summed E-state index contributed by atoms with van der Waals surface area (Å²) in [6, 6.07) is 12.9. The third kappa shape index (κ3) is 2.12. The smallest absolute Gasteiger partial charge is 0.316 e. The molecule has 0 amide bonds. The number of carboxylic acids is 1. The van der Waals surface area contributed by atoms with Crippen LogP contribution in [0.3, 0.4) is 0 Å². The first kappa shape index (κ1) is 10.8. The topological polar surface area (TPSA) is 54.4 Å². The molecule has 16 heavy (non-hydrogen) atoms. The molecule has 4 heteroatoms. The zero-order valence-corrected chi connectivity index (χ0v) is 9.24. The van der Waals surface area contributed by atoms with Gasteiger partial charge in [-0.3, -0.25) is 9.00 Å². The van der Waals surface area contributed by atoms with Crippen molar-refractivity contribution in [2.24, 2.45) is 0 Å². The molecule has 2 aromatic rings. The van der Waals surface area contributed by atoms with Gasteiger partial charge >= 0.3 is 5.97 Å². The summed E-state index contributed by atoms with van der Waals surface area (Å²) >= 11 is 0. The van der Waals surface area contributed by atoms with Crippen molar-refractivity contribution in [2.75, 3.05) is 5.75 Å². The van der Waals surface area contributed by atoms with E-state index in [9.17, 15) is 9.00 Å². The van der Waals surface area contributed by atoms with Crippen molar-refractivity contribution in [2.45, 2.75) is 4.90 Å². The lowest BCUT2D eigenvalue weighted by Crippen LogP contribution is -2.09. The highest BCUT2D eigenvalue weighted by atomic mass is 32.2. The molecule has 82 valence electrons. The molecule has 0 saturated carbocycles. The van der Waals surface area contributed by atoms with Crippen LogP contribution in [0.2, 0.25) is 0 Å². The van der Waals surface area contributed by atoms with Gasteiger partial charge in [-0.25, -0.2) is 0 Å². The summed E-state index contributed by atoms with van der Waals surface area (Å²) in [6.07, 6.45) is 0. The Hall–Kier alpha value is -1.68. The Morgan fingerprint density at radius 3 is 2.56 bits per heavy atom. The highest BCUT2D eigenvalue weighted by Gasteiger charge is 2.11. The molecule has 2 aromatic carbocycles. The molecule has 3 nitrogen and oxygen atoms in total. The van der Waals surface area contributed by atoms with Crippen LogP contribution in [0, 0.1) is 0 Å². The van der Waals surface area contributed by atoms with Crippen molar-refractivity contribution >= 4 is 27.5 Å². The first-order valence-electron chi connectivity index (χ1n) is 4.76. The molecular formula is C12H10O3S. The monoisotopic (exact) mass is 234 g/mol. The van der Waals surface area contributed by atoms with E-state index in [1.807, 2.05) is 30.3 Å². The van der Waals surface area contributed by atoms with Gasteiger partial charge in [-0.2, -0.15) is 0 Å². The maximum absolute atomic E-state index is 11.8. The standard InChI is InChI=1S/C12H10O3S/c13-12(14)8-16(15)11-7-3-5-9-4-1-2-6-10(9)11/h1-7H,8H2,(H,13,14). The summed E-state index contributed by atoms with van der Waals surface area (Å²) in [7, 11) is -1.49. The van der Waals surface area contributed by atoms with Crippen LogP contribution in [0.15, 0.2) is 47.4 Å². The van der Waals surface area contributed by atoms with Gasteiger partial charge in [0.25, 0.3) is 0 Å². The van der Waals surface area contributed by atoms with E-state index in [-0.39, 0.29) is 5.75 Å². The van der Waals surface area contributed by atoms with Gasteiger partial charge in [-0.05, 0) is 16.8 Å². The quantitative estimate of drug-likeness (QED) is 0.884. The minimum Gasteiger partial charge on any atom is -0.481 e. The van der Waals surface area contributed by atoms with Gasteiger partial charge in [-0.15, -0.1) is 0 Å². The Kier molecular flexibility index (Phi) is 3.01. The van der Waals surface area contributed by atoms with Crippen molar-refractivity contribution < 1.29 is 14.1 Å². The third-order valence-corrected chi connectivity index (χ3v) is 3.61. The molecule has 0 aliphatic heterocycles. The molecule has 1 N–H and O–H groups in total. The van der Waals surface area contributed by atoms with E-state index in [0.29, 0.717) is 4.90 Å². The first-order valence-corrected chi connectivity index (χ1v) is 6.08. The number of hydrogen-bond donors (Lipinski definition) is 1. The Balaban J connectivity index is 2.52. The fourth-order valence-electron chi connectivity index (χ4n) is 1.58. The minimum atomic E-state index is -1.49. The number of fused-ring (bicyclic) bond motifs is 1. The second-order valence-electron chi connectivity index (χ2n) is 3.36. The lowest BCUT2D eigenvalue weighted by molar-refractivity contribution is -0.133. The van der Waals surface area contributed by atoms with Crippen LogP contribution in [-0.4, -0.2) is 21.0 Å². The average molecular weight is 234 g/mol. The molecule has 1 atom stereocenters. The van der Waals surface area contributed by atoms with E-state index in [4.69, 9.17) is 5.11 Å². The van der Waals surface area contributed by atoms with Crippen LogP contribution in [0.4, 0.5) is 0 Å². The maximum Gasteiger partial charge on any atom is 0.316 e. The van der Waals surface area contributed by atoms with Crippen LogP contribution in [0.1, 0.15) is 0 Å².